The van der Waals surface area contributed by atoms with Crippen molar-refractivity contribution in [2.45, 2.75) is 64.0 Å². The van der Waals surface area contributed by atoms with Crippen molar-refractivity contribution in [2.24, 2.45) is 5.92 Å². The van der Waals surface area contributed by atoms with Gasteiger partial charge in [0.1, 0.15) is 5.54 Å². The number of hydroxylamine groups is 2. The van der Waals surface area contributed by atoms with Gasteiger partial charge in [0.05, 0.1) is 6.10 Å². The fraction of sp³-hybridized carbons (Fsp3) is 0.917. The average molecular weight is 227 g/mol. The molecule has 4 nitrogen and oxygen atoms in total. The number of Topliss-reactive ketones (excluding diaryl/α,β-unsaturated/α-hetero) is 1. The first-order chi connectivity index (χ1) is 7.54. The van der Waals surface area contributed by atoms with Crippen molar-refractivity contribution in [3.63, 3.8) is 0 Å². The van der Waals surface area contributed by atoms with E-state index >= 15 is 0 Å². The predicted octanol–water partition coefficient (Wildman–Crippen LogP) is 2.31. The van der Waals surface area contributed by atoms with Gasteiger partial charge in [-0.1, -0.05) is 18.1 Å². The van der Waals surface area contributed by atoms with E-state index in [9.17, 15) is 10.0 Å². The van der Waals surface area contributed by atoms with Crippen LogP contribution in [0.1, 0.15) is 52.4 Å². The first-order valence-corrected chi connectivity index (χ1v) is 6.21. The molecule has 0 spiro atoms. The lowest BCUT2D eigenvalue weighted by atomic mass is 9.81. The van der Waals surface area contributed by atoms with Gasteiger partial charge in [-0.05, 0) is 45.4 Å². The van der Waals surface area contributed by atoms with Crippen LogP contribution in [0.15, 0.2) is 0 Å². The molecule has 0 amide bonds. The molecule has 1 saturated carbocycles. The summed E-state index contributed by atoms with van der Waals surface area (Å²) in [6.45, 7) is 3.27. The van der Waals surface area contributed by atoms with Crippen molar-refractivity contribution in [1.29, 1.82) is 0 Å². The lowest BCUT2D eigenvalue weighted by Gasteiger charge is -2.33. The van der Waals surface area contributed by atoms with Crippen molar-refractivity contribution in [3.8, 4) is 0 Å². The molecule has 0 radical (unpaired) electrons. The van der Waals surface area contributed by atoms with Crippen LogP contribution < -0.4 is 0 Å². The number of carbonyl (C=O) groups excluding carboxylic acids is 1. The molecule has 0 aromatic rings. The summed E-state index contributed by atoms with van der Waals surface area (Å²) in [5, 5.41) is 10.7. The third-order valence-electron chi connectivity index (χ3n) is 4.26. The zero-order valence-electron chi connectivity index (χ0n) is 10.1. The van der Waals surface area contributed by atoms with E-state index in [0.717, 1.165) is 30.9 Å². The van der Waals surface area contributed by atoms with Crippen molar-refractivity contribution in [2.75, 3.05) is 0 Å². The second-order valence-electron chi connectivity index (χ2n) is 5.33. The highest BCUT2D eigenvalue weighted by Gasteiger charge is 2.44. The van der Waals surface area contributed by atoms with E-state index in [4.69, 9.17) is 4.84 Å². The summed E-state index contributed by atoms with van der Waals surface area (Å²) in [4.78, 5) is 17.2. The maximum atomic E-state index is 11.6. The molecule has 2 fully saturated rings. The van der Waals surface area contributed by atoms with Gasteiger partial charge in [0.25, 0.3) is 0 Å². The van der Waals surface area contributed by atoms with Crippen LogP contribution in [-0.2, 0) is 9.63 Å². The molecule has 0 bridgehead atoms. The molecule has 2 aliphatic rings. The van der Waals surface area contributed by atoms with Crippen molar-refractivity contribution < 1.29 is 14.8 Å². The van der Waals surface area contributed by atoms with Gasteiger partial charge in [-0.3, -0.25) is 14.8 Å². The van der Waals surface area contributed by atoms with E-state index < -0.39 is 5.54 Å². The topological polar surface area (TPSA) is 49.8 Å². The van der Waals surface area contributed by atoms with Crippen LogP contribution in [-0.4, -0.2) is 27.9 Å². The third-order valence-corrected chi connectivity index (χ3v) is 4.26. The fourth-order valence-electron chi connectivity index (χ4n) is 2.76. The van der Waals surface area contributed by atoms with E-state index in [0.29, 0.717) is 12.3 Å². The van der Waals surface area contributed by atoms with Gasteiger partial charge in [0.2, 0.25) is 0 Å². The van der Waals surface area contributed by atoms with Crippen molar-refractivity contribution in [3.05, 3.63) is 0 Å². The van der Waals surface area contributed by atoms with Crippen LogP contribution in [0, 0.1) is 5.92 Å². The minimum absolute atomic E-state index is 0.0337. The first-order valence-electron chi connectivity index (χ1n) is 6.21. The van der Waals surface area contributed by atoms with E-state index in [1.807, 2.05) is 0 Å². The van der Waals surface area contributed by atoms with Crippen LogP contribution in [0.25, 0.3) is 0 Å². The monoisotopic (exact) mass is 227 g/mol. The highest BCUT2D eigenvalue weighted by atomic mass is 16.9. The Bertz CT molecular complexity index is 281. The summed E-state index contributed by atoms with van der Waals surface area (Å²) in [5.41, 5.74) is -0.864. The molecule has 2 rings (SSSR count). The summed E-state index contributed by atoms with van der Waals surface area (Å²) in [7, 11) is 0. The standard InChI is InChI=1S/C12H21NO3/c1-9(14)12(2)8-7-10-5-3-4-6-11(10)16-13(12)15/h10-11,15H,3-8H2,1-2H3. The van der Waals surface area contributed by atoms with Gasteiger partial charge in [-0.25, -0.2) is 0 Å². The number of fused-ring (bicyclic) bond motifs is 1. The number of ketones is 1. The molecule has 0 aromatic heterocycles. The Balaban J connectivity index is 2.14. The lowest BCUT2D eigenvalue weighted by Crippen LogP contribution is -2.49. The Morgan fingerprint density at radius 2 is 2.06 bits per heavy atom. The maximum Gasteiger partial charge on any atom is 0.154 e. The predicted molar refractivity (Wildman–Crippen MR) is 58.8 cm³/mol. The molecule has 1 heterocycles. The van der Waals surface area contributed by atoms with Crippen LogP contribution in [0.5, 0.6) is 0 Å². The summed E-state index contributed by atoms with van der Waals surface area (Å²) in [6, 6.07) is 0. The number of hydrogen-bond donors (Lipinski definition) is 1. The maximum absolute atomic E-state index is 11.6. The minimum Gasteiger partial charge on any atom is -0.298 e. The van der Waals surface area contributed by atoms with E-state index in [2.05, 4.69) is 0 Å². The molecule has 1 saturated heterocycles. The Morgan fingerprint density at radius 3 is 2.75 bits per heavy atom. The average Bonchev–Trinajstić information content (AvgIpc) is 2.38. The van der Waals surface area contributed by atoms with E-state index in [1.54, 1.807) is 6.92 Å². The van der Waals surface area contributed by atoms with Crippen LogP contribution in [0.3, 0.4) is 0 Å². The van der Waals surface area contributed by atoms with Gasteiger partial charge in [-0.2, -0.15) is 0 Å². The molecule has 1 N–H and O–H groups in total. The summed E-state index contributed by atoms with van der Waals surface area (Å²) in [5.74, 6) is 0.471. The van der Waals surface area contributed by atoms with Crippen molar-refractivity contribution >= 4 is 5.78 Å². The number of rotatable bonds is 1. The SMILES string of the molecule is CC(=O)C1(C)CCC2CCCCC2ON1O. The molecule has 4 heteroatoms. The Hall–Kier alpha value is -0.450. The molecular weight excluding hydrogens is 206 g/mol. The van der Waals surface area contributed by atoms with Crippen LogP contribution >= 0.6 is 0 Å². The quantitative estimate of drug-likeness (QED) is 0.746. The molecule has 16 heavy (non-hydrogen) atoms. The Labute approximate surface area is 96.5 Å². The van der Waals surface area contributed by atoms with Crippen molar-refractivity contribution in [1.82, 2.24) is 5.23 Å². The fourth-order valence-corrected chi connectivity index (χ4v) is 2.76. The normalized spacial score (nSPS) is 41.2. The minimum atomic E-state index is -0.864. The smallest absolute Gasteiger partial charge is 0.154 e. The largest absolute Gasteiger partial charge is 0.298 e. The van der Waals surface area contributed by atoms with Gasteiger partial charge >= 0.3 is 0 Å². The lowest BCUT2D eigenvalue weighted by molar-refractivity contribution is -0.395. The summed E-state index contributed by atoms with van der Waals surface area (Å²) >= 11 is 0. The Kier molecular flexibility index (Phi) is 3.33. The molecule has 1 aliphatic carbocycles. The molecular formula is C12H21NO3. The molecule has 92 valence electrons. The van der Waals surface area contributed by atoms with E-state index in [1.165, 1.54) is 13.3 Å². The Morgan fingerprint density at radius 1 is 1.38 bits per heavy atom. The molecule has 3 atom stereocenters. The molecule has 3 unspecified atom stereocenters. The second kappa shape index (κ2) is 4.43. The second-order valence-corrected chi connectivity index (χ2v) is 5.33. The van der Waals surface area contributed by atoms with Gasteiger partial charge < -0.3 is 0 Å². The zero-order chi connectivity index (χ0) is 11.8. The zero-order valence-corrected chi connectivity index (χ0v) is 10.1. The number of hydrogen-bond acceptors (Lipinski definition) is 4. The third kappa shape index (κ3) is 2.01. The number of nitrogens with zero attached hydrogens (tertiary/aromatic N) is 1. The highest BCUT2D eigenvalue weighted by Crippen LogP contribution is 2.37. The van der Waals surface area contributed by atoms with Crippen LogP contribution in [0.2, 0.25) is 0 Å². The van der Waals surface area contributed by atoms with E-state index in [-0.39, 0.29) is 11.9 Å². The van der Waals surface area contributed by atoms with Crippen LogP contribution in [0.4, 0.5) is 0 Å². The highest BCUT2D eigenvalue weighted by molar-refractivity contribution is 5.85. The van der Waals surface area contributed by atoms with Gasteiger partial charge in [-0.15, -0.1) is 0 Å². The first kappa shape index (κ1) is 12.0. The molecule has 1 aliphatic heterocycles. The summed E-state index contributed by atoms with van der Waals surface area (Å²) in [6.07, 6.45) is 6.30. The van der Waals surface area contributed by atoms with Gasteiger partial charge in [0.15, 0.2) is 5.78 Å². The van der Waals surface area contributed by atoms with Gasteiger partial charge in [0, 0.05) is 0 Å². The molecule has 0 aromatic carbocycles. The number of carbonyl (C=O) groups is 1. The summed E-state index contributed by atoms with van der Waals surface area (Å²) < 4.78 is 0.